The summed E-state index contributed by atoms with van der Waals surface area (Å²) in [6.07, 6.45) is 3.62. The second-order valence-electron chi connectivity index (χ2n) is 6.03. The Balaban J connectivity index is 1.69. The summed E-state index contributed by atoms with van der Waals surface area (Å²) < 4.78 is 0. The first-order valence-corrected chi connectivity index (χ1v) is 8.47. The Labute approximate surface area is 134 Å². The van der Waals surface area contributed by atoms with Gasteiger partial charge in [-0.1, -0.05) is 25.0 Å². The third-order valence-electron chi connectivity index (χ3n) is 4.04. The fourth-order valence-electron chi connectivity index (χ4n) is 2.93. The zero-order valence-electron chi connectivity index (χ0n) is 12.6. The van der Waals surface area contributed by atoms with Gasteiger partial charge >= 0.3 is 0 Å². The lowest BCUT2D eigenvalue weighted by molar-refractivity contribution is -0.120. The molecule has 116 valence electrons. The maximum absolute atomic E-state index is 12.1. The van der Waals surface area contributed by atoms with Gasteiger partial charge in [-0.25, -0.2) is 4.98 Å². The highest BCUT2D eigenvalue weighted by Crippen LogP contribution is 2.32. The third-order valence-corrected chi connectivity index (χ3v) is 5.05. The van der Waals surface area contributed by atoms with E-state index >= 15 is 0 Å². The van der Waals surface area contributed by atoms with Crippen molar-refractivity contribution in [2.75, 3.05) is 5.32 Å². The Morgan fingerprint density at radius 1 is 1.41 bits per heavy atom. The van der Waals surface area contributed by atoms with Gasteiger partial charge in [0.15, 0.2) is 0 Å². The molecule has 1 aromatic heterocycles. The average molecular weight is 316 g/mol. The van der Waals surface area contributed by atoms with Crippen molar-refractivity contribution in [3.05, 3.63) is 35.3 Å². The van der Waals surface area contributed by atoms with Gasteiger partial charge in [-0.2, -0.15) is 0 Å². The SMILES string of the molecule is Cc1csc(-c2cccc(NC(=O)CC3(O)CCCC3)c2)n1. The lowest BCUT2D eigenvalue weighted by atomic mass is 9.97. The molecule has 1 amide bonds. The molecule has 2 aromatic rings. The molecule has 5 heteroatoms. The van der Waals surface area contributed by atoms with E-state index in [9.17, 15) is 9.90 Å². The van der Waals surface area contributed by atoms with Crippen LogP contribution in [0.2, 0.25) is 0 Å². The molecule has 3 rings (SSSR count). The first-order chi connectivity index (χ1) is 10.5. The molecule has 0 saturated heterocycles. The van der Waals surface area contributed by atoms with Gasteiger partial charge in [0.05, 0.1) is 12.0 Å². The molecule has 0 aliphatic heterocycles. The van der Waals surface area contributed by atoms with Crippen LogP contribution in [0.4, 0.5) is 5.69 Å². The maximum Gasteiger partial charge on any atom is 0.227 e. The topological polar surface area (TPSA) is 62.2 Å². The van der Waals surface area contributed by atoms with Crippen molar-refractivity contribution in [1.82, 2.24) is 4.98 Å². The number of amides is 1. The molecule has 0 spiro atoms. The zero-order valence-corrected chi connectivity index (χ0v) is 13.4. The Bertz CT molecular complexity index is 675. The van der Waals surface area contributed by atoms with Gasteiger partial charge in [0, 0.05) is 22.3 Å². The van der Waals surface area contributed by atoms with Crippen molar-refractivity contribution in [1.29, 1.82) is 0 Å². The molecule has 1 saturated carbocycles. The van der Waals surface area contributed by atoms with Gasteiger partial charge in [-0.3, -0.25) is 4.79 Å². The van der Waals surface area contributed by atoms with Gasteiger partial charge in [-0.05, 0) is 31.9 Å². The van der Waals surface area contributed by atoms with E-state index in [4.69, 9.17) is 0 Å². The fraction of sp³-hybridized carbons (Fsp3) is 0.412. The van der Waals surface area contributed by atoms with Crippen LogP contribution in [0, 0.1) is 6.92 Å². The molecule has 0 bridgehead atoms. The van der Waals surface area contributed by atoms with Crippen LogP contribution in [0.1, 0.15) is 37.8 Å². The Morgan fingerprint density at radius 3 is 2.86 bits per heavy atom. The number of aryl methyl sites for hydroxylation is 1. The number of hydrogen-bond donors (Lipinski definition) is 2. The third kappa shape index (κ3) is 3.54. The lowest BCUT2D eigenvalue weighted by Gasteiger charge is -2.21. The number of nitrogens with zero attached hydrogens (tertiary/aromatic N) is 1. The van der Waals surface area contributed by atoms with Crippen molar-refractivity contribution in [3.8, 4) is 10.6 Å². The summed E-state index contributed by atoms with van der Waals surface area (Å²) in [4.78, 5) is 16.6. The van der Waals surface area contributed by atoms with E-state index in [-0.39, 0.29) is 12.3 Å². The number of benzene rings is 1. The van der Waals surface area contributed by atoms with Crippen molar-refractivity contribution in [2.24, 2.45) is 0 Å². The highest BCUT2D eigenvalue weighted by atomic mass is 32.1. The van der Waals surface area contributed by atoms with Crippen LogP contribution >= 0.6 is 11.3 Å². The van der Waals surface area contributed by atoms with Crippen molar-refractivity contribution < 1.29 is 9.90 Å². The molecule has 0 unspecified atom stereocenters. The van der Waals surface area contributed by atoms with Crippen LogP contribution < -0.4 is 5.32 Å². The molecule has 1 heterocycles. The van der Waals surface area contributed by atoms with Crippen LogP contribution in [0.15, 0.2) is 29.6 Å². The summed E-state index contributed by atoms with van der Waals surface area (Å²) in [6.45, 7) is 1.97. The zero-order chi connectivity index (χ0) is 15.6. The molecule has 0 radical (unpaired) electrons. The molecule has 0 atom stereocenters. The monoisotopic (exact) mass is 316 g/mol. The van der Waals surface area contributed by atoms with Gasteiger partial charge in [0.1, 0.15) is 5.01 Å². The minimum atomic E-state index is -0.811. The molecule has 22 heavy (non-hydrogen) atoms. The average Bonchev–Trinajstić information content (AvgIpc) is 3.08. The van der Waals surface area contributed by atoms with E-state index in [0.717, 1.165) is 47.6 Å². The number of aromatic nitrogens is 1. The van der Waals surface area contributed by atoms with Gasteiger partial charge in [0.2, 0.25) is 5.91 Å². The quantitative estimate of drug-likeness (QED) is 0.903. The number of rotatable bonds is 4. The van der Waals surface area contributed by atoms with E-state index in [1.807, 2.05) is 36.6 Å². The van der Waals surface area contributed by atoms with Crippen LogP contribution in [0.25, 0.3) is 10.6 Å². The lowest BCUT2D eigenvalue weighted by Crippen LogP contribution is -2.30. The van der Waals surface area contributed by atoms with E-state index in [1.165, 1.54) is 0 Å². The minimum absolute atomic E-state index is 0.128. The number of carbonyl (C=O) groups excluding carboxylic acids is 1. The summed E-state index contributed by atoms with van der Waals surface area (Å²) in [5, 5.41) is 16.2. The molecular weight excluding hydrogens is 296 g/mol. The molecule has 1 aliphatic rings. The standard InChI is InChI=1S/C17H20N2O2S/c1-12-11-22-16(18-12)13-5-4-6-14(9-13)19-15(20)10-17(21)7-2-3-8-17/h4-6,9,11,21H,2-3,7-8,10H2,1H3,(H,19,20). The van der Waals surface area contributed by atoms with Crippen molar-refractivity contribution >= 4 is 22.9 Å². The highest BCUT2D eigenvalue weighted by Gasteiger charge is 2.33. The number of thiazole rings is 1. The predicted molar refractivity (Wildman–Crippen MR) is 89.0 cm³/mol. The van der Waals surface area contributed by atoms with Crippen LogP contribution in [-0.4, -0.2) is 21.6 Å². The molecular formula is C17H20N2O2S. The Kier molecular flexibility index (Phi) is 4.27. The minimum Gasteiger partial charge on any atom is -0.389 e. The predicted octanol–water partition coefficient (Wildman–Crippen LogP) is 3.75. The van der Waals surface area contributed by atoms with Crippen molar-refractivity contribution in [3.63, 3.8) is 0 Å². The summed E-state index contributed by atoms with van der Waals surface area (Å²) in [5.41, 5.74) is 1.93. The first-order valence-electron chi connectivity index (χ1n) is 7.59. The number of nitrogens with one attached hydrogen (secondary N) is 1. The molecule has 4 nitrogen and oxygen atoms in total. The van der Waals surface area contributed by atoms with Gasteiger partial charge in [0.25, 0.3) is 0 Å². The summed E-state index contributed by atoms with van der Waals surface area (Å²) >= 11 is 1.59. The van der Waals surface area contributed by atoms with E-state index in [0.29, 0.717) is 0 Å². The van der Waals surface area contributed by atoms with Crippen LogP contribution in [-0.2, 0) is 4.79 Å². The number of anilines is 1. The maximum atomic E-state index is 12.1. The Hall–Kier alpha value is -1.72. The molecule has 2 N–H and O–H groups in total. The van der Waals surface area contributed by atoms with E-state index < -0.39 is 5.60 Å². The summed E-state index contributed by atoms with van der Waals surface area (Å²) in [5.74, 6) is -0.128. The van der Waals surface area contributed by atoms with Gasteiger partial charge in [-0.15, -0.1) is 11.3 Å². The summed E-state index contributed by atoms with van der Waals surface area (Å²) in [6, 6.07) is 7.68. The first kappa shape index (κ1) is 15.2. The van der Waals surface area contributed by atoms with E-state index in [2.05, 4.69) is 10.3 Å². The largest absolute Gasteiger partial charge is 0.389 e. The van der Waals surface area contributed by atoms with Crippen LogP contribution in [0.5, 0.6) is 0 Å². The number of carbonyl (C=O) groups is 1. The van der Waals surface area contributed by atoms with Crippen molar-refractivity contribution in [2.45, 2.75) is 44.6 Å². The van der Waals surface area contributed by atoms with Gasteiger partial charge < -0.3 is 10.4 Å². The molecule has 1 aromatic carbocycles. The molecule has 1 fully saturated rings. The summed E-state index contributed by atoms with van der Waals surface area (Å²) in [7, 11) is 0. The van der Waals surface area contributed by atoms with E-state index in [1.54, 1.807) is 11.3 Å². The normalized spacial score (nSPS) is 16.6. The highest BCUT2D eigenvalue weighted by molar-refractivity contribution is 7.13. The number of aliphatic hydroxyl groups is 1. The second kappa shape index (κ2) is 6.18. The second-order valence-corrected chi connectivity index (χ2v) is 6.89. The Morgan fingerprint density at radius 2 is 2.18 bits per heavy atom. The smallest absolute Gasteiger partial charge is 0.227 e. The molecule has 1 aliphatic carbocycles. The fourth-order valence-corrected chi connectivity index (χ4v) is 3.73. The number of hydrogen-bond acceptors (Lipinski definition) is 4. The van der Waals surface area contributed by atoms with Crippen LogP contribution in [0.3, 0.4) is 0 Å².